The van der Waals surface area contributed by atoms with E-state index in [1.54, 1.807) is 24.3 Å². The SMILES string of the molecule is O=C(NCO)On1c(=O)ccc2ccccc21. The zero-order valence-corrected chi connectivity index (χ0v) is 8.79. The van der Waals surface area contributed by atoms with Gasteiger partial charge in [0.05, 0.1) is 5.52 Å². The summed E-state index contributed by atoms with van der Waals surface area (Å²) in [5.41, 5.74) is 0.0184. The summed E-state index contributed by atoms with van der Waals surface area (Å²) in [6.45, 7) is -0.557. The molecule has 0 aliphatic carbocycles. The van der Waals surface area contributed by atoms with Crippen molar-refractivity contribution >= 4 is 17.0 Å². The average Bonchev–Trinajstić information content (AvgIpc) is 2.33. The van der Waals surface area contributed by atoms with Crippen molar-refractivity contribution in [1.82, 2.24) is 10.0 Å². The molecule has 17 heavy (non-hydrogen) atoms. The van der Waals surface area contributed by atoms with Crippen molar-refractivity contribution in [2.75, 3.05) is 6.73 Å². The summed E-state index contributed by atoms with van der Waals surface area (Å²) in [5.74, 6) is 0. The Morgan fingerprint density at radius 3 is 2.82 bits per heavy atom. The smallest absolute Gasteiger partial charge is 0.376 e. The Morgan fingerprint density at radius 1 is 1.29 bits per heavy atom. The Labute approximate surface area is 96.0 Å². The first-order valence-electron chi connectivity index (χ1n) is 4.90. The van der Waals surface area contributed by atoms with Gasteiger partial charge in [-0.1, -0.05) is 18.2 Å². The van der Waals surface area contributed by atoms with Gasteiger partial charge in [0.15, 0.2) is 0 Å². The van der Waals surface area contributed by atoms with Crippen molar-refractivity contribution in [2.24, 2.45) is 0 Å². The highest BCUT2D eigenvalue weighted by Gasteiger charge is 2.07. The summed E-state index contributed by atoms with van der Waals surface area (Å²) < 4.78 is 0.875. The molecule has 1 heterocycles. The number of hydrogen-bond donors (Lipinski definition) is 2. The van der Waals surface area contributed by atoms with Crippen molar-refractivity contribution in [2.45, 2.75) is 0 Å². The summed E-state index contributed by atoms with van der Waals surface area (Å²) in [6, 6.07) is 9.92. The third-order valence-electron chi connectivity index (χ3n) is 2.16. The van der Waals surface area contributed by atoms with Crippen LogP contribution in [0.3, 0.4) is 0 Å². The van der Waals surface area contributed by atoms with Crippen molar-refractivity contribution in [1.29, 1.82) is 0 Å². The summed E-state index contributed by atoms with van der Waals surface area (Å²) in [6.07, 6.45) is -0.897. The van der Waals surface area contributed by atoms with E-state index in [9.17, 15) is 9.59 Å². The molecule has 0 saturated heterocycles. The first-order valence-corrected chi connectivity index (χ1v) is 4.90. The molecule has 0 aliphatic heterocycles. The summed E-state index contributed by atoms with van der Waals surface area (Å²) in [4.78, 5) is 27.5. The molecule has 6 heteroatoms. The van der Waals surface area contributed by atoms with Gasteiger partial charge in [-0.15, -0.1) is 4.73 Å². The number of benzene rings is 1. The van der Waals surface area contributed by atoms with E-state index in [4.69, 9.17) is 9.94 Å². The highest BCUT2D eigenvalue weighted by Crippen LogP contribution is 2.09. The second kappa shape index (κ2) is 4.67. The molecule has 2 N–H and O–H groups in total. The van der Waals surface area contributed by atoms with E-state index in [-0.39, 0.29) is 0 Å². The van der Waals surface area contributed by atoms with Gasteiger partial charge < -0.3 is 9.94 Å². The highest BCUT2D eigenvalue weighted by molar-refractivity contribution is 5.79. The maximum absolute atomic E-state index is 11.6. The van der Waals surface area contributed by atoms with E-state index < -0.39 is 18.4 Å². The molecule has 0 saturated carbocycles. The van der Waals surface area contributed by atoms with Gasteiger partial charge in [-0.25, -0.2) is 4.79 Å². The van der Waals surface area contributed by atoms with Crippen LogP contribution in [0.2, 0.25) is 0 Å². The third-order valence-corrected chi connectivity index (χ3v) is 2.16. The van der Waals surface area contributed by atoms with E-state index in [1.807, 2.05) is 11.4 Å². The number of amides is 1. The van der Waals surface area contributed by atoms with Crippen LogP contribution in [0.4, 0.5) is 4.79 Å². The van der Waals surface area contributed by atoms with E-state index in [0.717, 1.165) is 10.1 Å². The fourth-order valence-corrected chi connectivity index (χ4v) is 1.43. The largest absolute Gasteiger partial charge is 0.433 e. The Bertz CT molecular complexity index is 606. The van der Waals surface area contributed by atoms with Gasteiger partial charge in [-0.05, 0) is 12.1 Å². The van der Waals surface area contributed by atoms with Crippen LogP contribution in [0.25, 0.3) is 10.9 Å². The summed E-state index contributed by atoms with van der Waals surface area (Å²) in [7, 11) is 0. The number of nitrogens with zero attached hydrogens (tertiary/aromatic N) is 1. The second-order valence-corrected chi connectivity index (χ2v) is 3.24. The van der Waals surface area contributed by atoms with Crippen LogP contribution in [-0.2, 0) is 0 Å². The molecule has 0 bridgehead atoms. The number of para-hydroxylation sites is 1. The van der Waals surface area contributed by atoms with Crippen LogP contribution in [-0.4, -0.2) is 22.7 Å². The number of nitrogens with one attached hydrogen (secondary N) is 1. The number of aromatic nitrogens is 1. The number of carbonyl (C=O) groups is 1. The minimum Gasteiger partial charge on any atom is -0.376 e. The molecule has 6 nitrogen and oxygen atoms in total. The van der Waals surface area contributed by atoms with Gasteiger partial charge in [-0.2, -0.15) is 0 Å². The first kappa shape index (κ1) is 11.2. The standard InChI is InChI=1S/C11H10N2O4/c14-7-12-11(16)17-13-9-4-2-1-3-8(9)5-6-10(13)15/h1-6,14H,7H2,(H,12,16). The lowest BCUT2D eigenvalue weighted by molar-refractivity contribution is 0.123. The van der Waals surface area contributed by atoms with Crippen LogP contribution in [0.1, 0.15) is 0 Å². The Kier molecular flexibility index (Phi) is 3.06. The molecular formula is C11H10N2O4. The van der Waals surface area contributed by atoms with Gasteiger partial charge in [0, 0.05) is 11.5 Å². The molecule has 1 aromatic heterocycles. The minimum absolute atomic E-state index is 0.461. The van der Waals surface area contributed by atoms with Crippen molar-refractivity contribution in [3.05, 3.63) is 46.8 Å². The molecule has 88 valence electrons. The highest BCUT2D eigenvalue weighted by atomic mass is 16.7. The number of fused-ring (bicyclic) bond motifs is 1. The molecule has 1 amide bonds. The quantitative estimate of drug-likeness (QED) is 0.721. The average molecular weight is 234 g/mol. The number of aliphatic hydroxyl groups excluding tert-OH is 1. The van der Waals surface area contributed by atoms with Gasteiger partial charge in [0.1, 0.15) is 6.73 Å². The third kappa shape index (κ3) is 2.26. The Balaban J connectivity index is 2.48. The second-order valence-electron chi connectivity index (χ2n) is 3.24. The maximum Gasteiger partial charge on any atom is 0.433 e. The fraction of sp³-hybridized carbons (Fsp3) is 0.0909. The van der Waals surface area contributed by atoms with Crippen LogP contribution in [0.5, 0.6) is 0 Å². The van der Waals surface area contributed by atoms with Crippen molar-refractivity contribution < 1.29 is 14.7 Å². The number of hydrogen-bond acceptors (Lipinski definition) is 4. The maximum atomic E-state index is 11.6. The van der Waals surface area contributed by atoms with Crippen LogP contribution in [0.15, 0.2) is 41.2 Å². The molecule has 1 aromatic carbocycles. The van der Waals surface area contributed by atoms with E-state index >= 15 is 0 Å². The van der Waals surface area contributed by atoms with Gasteiger partial charge in [0.2, 0.25) is 0 Å². The van der Waals surface area contributed by atoms with Crippen LogP contribution < -0.4 is 15.7 Å². The van der Waals surface area contributed by atoms with Crippen LogP contribution in [0, 0.1) is 0 Å². The van der Waals surface area contributed by atoms with Gasteiger partial charge in [0.25, 0.3) is 5.56 Å². The van der Waals surface area contributed by atoms with E-state index in [0.29, 0.717) is 5.52 Å². The summed E-state index contributed by atoms with van der Waals surface area (Å²) in [5, 5.41) is 11.3. The Hall–Kier alpha value is -2.34. The minimum atomic E-state index is -0.897. The number of rotatable bonds is 2. The zero-order chi connectivity index (χ0) is 12.3. The zero-order valence-electron chi connectivity index (χ0n) is 8.79. The van der Waals surface area contributed by atoms with E-state index in [2.05, 4.69) is 0 Å². The fourth-order valence-electron chi connectivity index (χ4n) is 1.43. The lowest BCUT2D eigenvalue weighted by Gasteiger charge is -2.09. The molecule has 2 rings (SSSR count). The van der Waals surface area contributed by atoms with Crippen molar-refractivity contribution in [3.63, 3.8) is 0 Å². The number of aliphatic hydroxyl groups is 1. The lowest BCUT2D eigenvalue weighted by Crippen LogP contribution is -2.37. The topological polar surface area (TPSA) is 80.6 Å². The molecule has 2 aromatic rings. The van der Waals surface area contributed by atoms with Gasteiger partial charge >= 0.3 is 6.09 Å². The molecule has 0 radical (unpaired) electrons. The molecule has 0 spiro atoms. The monoisotopic (exact) mass is 234 g/mol. The molecule has 0 aliphatic rings. The van der Waals surface area contributed by atoms with Crippen molar-refractivity contribution in [3.8, 4) is 0 Å². The van der Waals surface area contributed by atoms with E-state index in [1.165, 1.54) is 6.07 Å². The normalized spacial score (nSPS) is 10.2. The number of carbonyl (C=O) groups excluding carboxylic acids is 1. The molecule has 0 atom stereocenters. The summed E-state index contributed by atoms with van der Waals surface area (Å²) >= 11 is 0. The predicted octanol–water partition coefficient (Wildman–Crippen LogP) is 0.0895. The molecular weight excluding hydrogens is 224 g/mol. The predicted molar refractivity (Wildman–Crippen MR) is 60.4 cm³/mol. The number of pyridine rings is 1. The molecule has 0 fully saturated rings. The van der Waals surface area contributed by atoms with Crippen LogP contribution >= 0.6 is 0 Å². The Morgan fingerprint density at radius 2 is 2.06 bits per heavy atom. The first-order chi connectivity index (χ1) is 8.22. The van der Waals surface area contributed by atoms with Gasteiger partial charge in [-0.3, -0.25) is 10.1 Å². The lowest BCUT2D eigenvalue weighted by atomic mass is 10.2. The molecule has 0 unspecified atom stereocenters.